The Kier molecular flexibility index (Phi) is 5.78. The minimum Gasteiger partial charge on any atom is -0.450 e. The van der Waals surface area contributed by atoms with E-state index in [0.29, 0.717) is 15.7 Å². The molecule has 1 aromatic carbocycles. The highest BCUT2D eigenvalue weighted by Crippen LogP contribution is 2.25. The first-order chi connectivity index (χ1) is 11.0. The van der Waals surface area contributed by atoms with E-state index in [2.05, 4.69) is 20.8 Å². The molecule has 0 bridgehead atoms. The summed E-state index contributed by atoms with van der Waals surface area (Å²) in [6, 6.07) is 4.72. The Morgan fingerprint density at radius 1 is 1.30 bits per heavy atom. The van der Waals surface area contributed by atoms with Gasteiger partial charge in [0.1, 0.15) is 6.54 Å². The normalized spacial score (nSPS) is 10.2. The average Bonchev–Trinajstić information content (AvgIpc) is 2.89. The van der Waals surface area contributed by atoms with Crippen LogP contribution < -0.4 is 10.6 Å². The SMILES string of the molecule is CCOC(=O)Nc1cnn(CC(=O)Nc2ccc(Cl)cc2Cl)n1. The Balaban J connectivity index is 1.93. The van der Waals surface area contributed by atoms with Crippen LogP contribution >= 0.6 is 23.2 Å². The van der Waals surface area contributed by atoms with Crippen LogP contribution in [0.25, 0.3) is 0 Å². The Bertz CT molecular complexity index is 719. The van der Waals surface area contributed by atoms with Gasteiger partial charge in [-0.3, -0.25) is 10.1 Å². The maximum absolute atomic E-state index is 11.9. The number of aromatic nitrogens is 3. The lowest BCUT2D eigenvalue weighted by atomic mass is 10.3. The van der Waals surface area contributed by atoms with Gasteiger partial charge in [-0.25, -0.2) is 4.79 Å². The van der Waals surface area contributed by atoms with E-state index in [9.17, 15) is 9.59 Å². The molecule has 122 valence electrons. The number of nitrogens with zero attached hydrogens (tertiary/aromatic N) is 3. The van der Waals surface area contributed by atoms with E-state index >= 15 is 0 Å². The van der Waals surface area contributed by atoms with Crippen molar-refractivity contribution >= 4 is 46.7 Å². The molecular weight excluding hydrogens is 345 g/mol. The first-order valence-electron chi connectivity index (χ1n) is 6.56. The van der Waals surface area contributed by atoms with Crippen molar-refractivity contribution in [2.75, 3.05) is 17.2 Å². The van der Waals surface area contributed by atoms with Gasteiger partial charge in [0.2, 0.25) is 5.91 Å². The molecule has 2 aromatic rings. The molecule has 0 fully saturated rings. The first kappa shape index (κ1) is 17.0. The quantitative estimate of drug-likeness (QED) is 0.857. The molecule has 0 aliphatic heterocycles. The number of halogens is 2. The Morgan fingerprint density at radius 2 is 2.09 bits per heavy atom. The van der Waals surface area contributed by atoms with Gasteiger partial charge in [0.25, 0.3) is 0 Å². The molecule has 0 aliphatic carbocycles. The number of carbonyl (C=O) groups is 2. The topological polar surface area (TPSA) is 98.1 Å². The standard InChI is InChI=1S/C13H13Cl2N5O3/c1-2-23-13(22)18-11-6-16-20(19-11)7-12(21)17-10-4-3-8(14)5-9(10)15/h3-6H,2,7H2,1H3,(H,17,21)(H,18,19,22). The third-order valence-corrected chi connectivity index (χ3v) is 3.08. The molecule has 0 saturated heterocycles. The van der Waals surface area contributed by atoms with Crippen molar-refractivity contribution in [2.45, 2.75) is 13.5 Å². The summed E-state index contributed by atoms with van der Waals surface area (Å²) in [5, 5.41) is 13.6. The molecule has 0 saturated carbocycles. The first-order valence-corrected chi connectivity index (χ1v) is 7.32. The van der Waals surface area contributed by atoms with Crippen LogP contribution in [0, 0.1) is 0 Å². The average molecular weight is 358 g/mol. The minimum absolute atomic E-state index is 0.149. The van der Waals surface area contributed by atoms with Crippen molar-refractivity contribution < 1.29 is 14.3 Å². The molecule has 1 aromatic heterocycles. The number of hydrogen-bond acceptors (Lipinski definition) is 5. The van der Waals surface area contributed by atoms with Gasteiger partial charge in [0.05, 0.1) is 23.5 Å². The van der Waals surface area contributed by atoms with Crippen molar-refractivity contribution in [3.8, 4) is 0 Å². The Morgan fingerprint density at radius 3 is 2.78 bits per heavy atom. The Hall–Kier alpha value is -2.32. The van der Waals surface area contributed by atoms with Gasteiger partial charge in [-0.2, -0.15) is 9.90 Å². The van der Waals surface area contributed by atoms with E-state index in [1.807, 2.05) is 0 Å². The van der Waals surface area contributed by atoms with Gasteiger partial charge in [-0.1, -0.05) is 23.2 Å². The van der Waals surface area contributed by atoms with E-state index in [4.69, 9.17) is 27.9 Å². The van der Waals surface area contributed by atoms with Crippen LogP contribution in [0.15, 0.2) is 24.4 Å². The predicted molar refractivity (Wildman–Crippen MR) is 85.8 cm³/mol. The number of benzene rings is 1. The largest absolute Gasteiger partial charge is 0.450 e. The third kappa shape index (κ3) is 5.11. The van der Waals surface area contributed by atoms with E-state index in [-0.39, 0.29) is 24.9 Å². The van der Waals surface area contributed by atoms with Gasteiger partial charge in [-0.15, -0.1) is 5.10 Å². The summed E-state index contributed by atoms with van der Waals surface area (Å²) in [6.07, 6.45) is 0.663. The fourth-order valence-corrected chi connectivity index (χ4v) is 2.07. The van der Waals surface area contributed by atoms with E-state index < -0.39 is 6.09 Å². The molecule has 0 atom stereocenters. The molecule has 0 aliphatic rings. The second kappa shape index (κ2) is 7.80. The van der Waals surface area contributed by atoms with Crippen molar-refractivity contribution in [1.29, 1.82) is 0 Å². The second-order valence-electron chi connectivity index (χ2n) is 4.28. The molecule has 8 nitrogen and oxygen atoms in total. The van der Waals surface area contributed by atoms with Crippen LogP contribution in [-0.2, 0) is 16.1 Å². The summed E-state index contributed by atoms with van der Waals surface area (Å²) in [7, 11) is 0. The summed E-state index contributed by atoms with van der Waals surface area (Å²) in [6.45, 7) is 1.77. The monoisotopic (exact) mass is 357 g/mol. The smallest absolute Gasteiger partial charge is 0.412 e. The summed E-state index contributed by atoms with van der Waals surface area (Å²) in [4.78, 5) is 24.3. The number of ether oxygens (including phenoxy) is 1. The van der Waals surface area contributed by atoms with Gasteiger partial charge in [0.15, 0.2) is 5.82 Å². The molecule has 0 spiro atoms. The molecule has 2 amide bonds. The van der Waals surface area contributed by atoms with E-state index in [0.717, 1.165) is 4.80 Å². The zero-order valence-electron chi connectivity index (χ0n) is 12.0. The number of hydrogen-bond donors (Lipinski definition) is 2. The van der Waals surface area contributed by atoms with Crippen molar-refractivity contribution in [2.24, 2.45) is 0 Å². The van der Waals surface area contributed by atoms with Crippen LogP contribution in [0.2, 0.25) is 10.0 Å². The van der Waals surface area contributed by atoms with Crippen LogP contribution in [-0.4, -0.2) is 33.6 Å². The van der Waals surface area contributed by atoms with E-state index in [1.165, 1.54) is 12.3 Å². The summed E-state index contributed by atoms with van der Waals surface area (Å²) in [5.74, 6) is -0.201. The summed E-state index contributed by atoms with van der Waals surface area (Å²) in [5.41, 5.74) is 0.429. The highest BCUT2D eigenvalue weighted by Gasteiger charge is 2.10. The van der Waals surface area contributed by atoms with Gasteiger partial charge in [0, 0.05) is 5.02 Å². The number of rotatable bonds is 5. The molecule has 0 unspecified atom stereocenters. The maximum atomic E-state index is 11.9. The van der Waals surface area contributed by atoms with E-state index in [1.54, 1.807) is 19.1 Å². The molecule has 1 heterocycles. The molecule has 10 heteroatoms. The molecular formula is C13H13Cl2N5O3. The molecule has 0 radical (unpaired) electrons. The lowest BCUT2D eigenvalue weighted by molar-refractivity contribution is -0.117. The molecule has 23 heavy (non-hydrogen) atoms. The van der Waals surface area contributed by atoms with Gasteiger partial charge in [-0.05, 0) is 25.1 Å². The molecule has 2 rings (SSSR count). The fraction of sp³-hybridized carbons (Fsp3) is 0.231. The van der Waals surface area contributed by atoms with Crippen molar-refractivity contribution in [3.05, 3.63) is 34.4 Å². The minimum atomic E-state index is -0.642. The fourth-order valence-electron chi connectivity index (χ4n) is 1.61. The van der Waals surface area contributed by atoms with Crippen molar-refractivity contribution in [1.82, 2.24) is 15.0 Å². The lowest BCUT2D eigenvalue weighted by Gasteiger charge is -2.07. The zero-order valence-corrected chi connectivity index (χ0v) is 13.6. The molecule has 2 N–H and O–H groups in total. The van der Waals surface area contributed by atoms with Gasteiger partial charge < -0.3 is 10.1 Å². The second-order valence-corrected chi connectivity index (χ2v) is 5.12. The Labute approximate surface area is 141 Å². The number of carbonyl (C=O) groups excluding carboxylic acids is 2. The number of anilines is 2. The number of amides is 2. The number of nitrogens with one attached hydrogen (secondary N) is 2. The van der Waals surface area contributed by atoms with Crippen LogP contribution in [0.4, 0.5) is 16.3 Å². The van der Waals surface area contributed by atoms with Crippen LogP contribution in [0.3, 0.4) is 0 Å². The van der Waals surface area contributed by atoms with Crippen LogP contribution in [0.1, 0.15) is 6.92 Å². The van der Waals surface area contributed by atoms with Crippen LogP contribution in [0.5, 0.6) is 0 Å². The van der Waals surface area contributed by atoms with Crippen molar-refractivity contribution in [3.63, 3.8) is 0 Å². The summed E-state index contributed by atoms with van der Waals surface area (Å²) < 4.78 is 4.71. The highest BCUT2D eigenvalue weighted by molar-refractivity contribution is 6.36. The predicted octanol–water partition coefficient (Wildman–Crippen LogP) is 2.79. The third-order valence-electron chi connectivity index (χ3n) is 2.53. The van der Waals surface area contributed by atoms with Gasteiger partial charge >= 0.3 is 6.09 Å². The summed E-state index contributed by atoms with van der Waals surface area (Å²) >= 11 is 11.8. The highest BCUT2D eigenvalue weighted by atomic mass is 35.5. The zero-order chi connectivity index (χ0) is 16.8. The lowest BCUT2D eigenvalue weighted by Crippen LogP contribution is -2.21. The maximum Gasteiger partial charge on any atom is 0.412 e.